The van der Waals surface area contributed by atoms with Gasteiger partial charge in [-0.1, -0.05) is 17.7 Å². The van der Waals surface area contributed by atoms with Crippen molar-refractivity contribution in [2.75, 3.05) is 18.9 Å². The van der Waals surface area contributed by atoms with Crippen molar-refractivity contribution in [3.8, 4) is 0 Å². The van der Waals surface area contributed by atoms with E-state index in [9.17, 15) is 18.0 Å². The maximum absolute atomic E-state index is 12.5. The maximum atomic E-state index is 12.5. The van der Waals surface area contributed by atoms with Crippen LogP contribution in [0.4, 0.5) is 5.69 Å². The van der Waals surface area contributed by atoms with Crippen molar-refractivity contribution < 1.29 is 18.0 Å². The summed E-state index contributed by atoms with van der Waals surface area (Å²) in [5, 5.41) is 2.62. The number of anilines is 1. The van der Waals surface area contributed by atoms with Gasteiger partial charge in [0.05, 0.1) is 11.4 Å². The van der Waals surface area contributed by atoms with Crippen molar-refractivity contribution in [1.29, 1.82) is 0 Å². The van der Waals surface area contributed by atoms with E-state index in [1.807, 2.05) is 6.92 Å². The van der Waals surface area contributed by atoms with Crippen molar-refractivity contribution in [1.82, 2.24) is 4.31 Å². The van der Waals surface area contributed by atoms with Gasteiger partial charge in [0.2, 0.25) is 15.9 Å². The second kappa shape index (κ2) is 7.58. The summed E-state index contributed by atoms with van der Waals surface area (Å²) in [7, 11) is -2.38. The van der Waals surface area contributed by atoms with Crippen LogP contribution in [0.3, 0.4) is 0 Å². The number of benzene rings is 2. The molecule has 6 nitrogen and oxygen atoms in total. The first kappa shape index (κ1) is 18.8. The van der Waals surface area contributed by atoms with Crippen LogP contribution in [0.15, 0.2) is 53.4 Å². The number of nitrogens with zero attached hydrogens (tertiary/aromatic N) is 1. The van der Waals surface area contributed by atoms with E-state index >= 15 is 0 Å². The van der Waals surface area contributed by atoms with Gasteiger partial charge in [0.15, 0.2) is 5.78 Å². The molecule has 25 heavy (non-hydrogen) atoms. The van der Waals surface area contributed by atoms with E-state index < -0.39 is 15.9 Å². The third kappa shape index (κ3) is 4.74. The molecular weight excluding hydrogens is 340 g/mol. The van der Waals surface area contributed by atoms with Crippen LogP contribution in [0.2, 0.25) is 0 Å². The average Bonchev–Trinajstić information content (AvgIpc) is 2.55. The lowest BCUT2D eigenvalue weighted by Crippen LogP contribution is -2.34. The van der Waals surface area contributed by atoms with Crippen LogP contribution in [-0.4, -0.2) is 38.0 Å². The zero-order chi connectivity index (χ0) is 18.6. The molecule has 7 heteroatoms. The summed E-state index contributed by atoms with van der Waals surface area (Å²) in [6.45, 7) is 3.01. The fourth-order valence-electron chi connectivity index (χ4n) is 2.17. The van der Waals surface area contributed by atoms with Gasteiger partial charge in [0.1, 0.15) is 0 Å². The van der Waals surface area contributed by atoms with Gasteiger partial charge in [-0.3, -0.25) is 9.59 Å². The highest BCUT2D eigenvalue weighted by Gasteiger charge is 2.22. The fourth-order valence-corrected chi connectivity index (χ4v) is 3.29. The minimum atomic E-state index is -3.73. The molecule has 0 saturated heterocycles. The number of carbonyl (C=O) groups is 2. The van der Waals surface area contributed by atoms with E-state index in [-0.39, 0.29) is 17.2 Å². The molecule has 0 heterocycles. The zero-order valence-corrected chi connectivity index (χ0v) is 15.1. The van der Waals surface area contributed by atoms with Gasteiger partial charge in [0, 0.05) is 18.3 Å². The highest BCUT2D eigenvalue weighted by Crippen LogP contribution is 2.15. The predicted octanol–water partition coefficient (Wildman–Crippen LogP) is 2.46. The molecule has 0 aliphatic carbocycles. The van der Waals surface area contributed by atoms with E-state index in [1.54, 1.807) is 36.4 Å². The monoisotopic (exact) mass is 360 g/mol. The molecule has 2 aromatic carbocycles. The summed E-state index contributed by atoms with van der Waals surface area (Å²) in [6, 6.07) is 12.8. The molecule has 0 saturated carbocycles. The first-order valence-corrected chi connectivity index (χ1v) is 9.08. The lowest BCUT2D eigenvalue weighted by Gasteiger charge is -2.17. The molecule has 0 atom stereocenters. The van der Waals surface area contributed by atoms with E-state index in [4.69, 9.17) is 0 Å². The molecule has 0 bridgehead atoms. The number of rotatable bonds is 6. The lowest BCUT2D eigenvalue weighted by molar-refractivity contribution is -0.116. The van der Waals surface area contributed by atoms with Gasteiger partial charge >= 0.3 is 0 Å². The predicted molar refractivity (Wildman–Crippen MR) is 96.1 cm³/mol. The summed E-state index contributed by atoms with van der Waals surface area (Å²) in [5.41, 5.74) is 1.99. The first-order chi connectivity index (χ1) is 11.7. The van der Waals surface area contributed by atoms with Crippen LogP contribution in [0.25, 0.3) is 0 Å². The van der Waals surface area contributed by atoms with Crippen molar-refractivity contribution in [3.63, 3.8) is 0 Å². The van der Waals surface area contributed by atoms with Crippen molar-refractivity contribution in [2.24, 2.45) is 0 Å². The third-order valence-electron chi connectivity index (χ3n) is 3.67. The summed E-state index contributed by atoms with van der Waals surface area (Å²) in [5.74, 6) is -0.532. The lowest BCUT2D eigenvalue weighted by atomic mass is 10.1. The summed E-state index contributed by atoms with van der Waals surface area (Å²) >= 11 is 0. The van der Waals surface area contributed by atoms with E-state index in [0.717, 1.165) is 9.87 Å². The van der Waals surface area contributed by atoms with Gasteiger partial charge in [-0.15, -0.1) is 0 Å². The second-order valence-electron chi connectivity index (χ2n) is 5.76. The van der Waals surface area contributed by atoms with Crippen molar-refractivity contribution >= 4 is 27.4 Å². The van der Waals surface area contributed by atoms with Gasteiger partial charge in [0.25, 0.3) is 0 Å². The van der Waals surface area contributed by atoms with Crippen LogP contribution in [0.1, 0.15) is 22.8 Å². The number of likely N-dealkylation sites (N-methyl/N-ethyl adjacent to an activating group) is 1. The van der Waals surface area contributed by atoms with Gasteiger partial charge in [-0.2, -0.15) is 4.31 Å². The third-order valence-corrected chi connectivity index (χ3v) is 5.49. The normalized spacial score (nSPS) is 11.4. The molecule has 2 rings (SSSR count). The Labute approximate surface area is 147 Å². The molecule has 1 N–H and O–H groups in total. The van der Waals surface area contributed by atoms with Gasteiger partial charge in [-0.05, 0) is 50.2 Å². The number of hydrogen-bond acceptors (Lipinski definition) is 4. The Morgan fingerprint density at radius 3 is 2.08 bits per heavy atom. The van der Waals surface area contributed by atoms with Crippen molar-refractivity contribution in [2.45, 2.75) is 18.7 Å². The van der Waals surface area contributed by atoms with Crippen LogP contribution in [0, 0.1) is 6.92 Å². The Bertz CT molecular complexity index is 872. The Balaban J connectivity index is 2.04. The molecule has 1 amide bonds. The largest absolute Gasteiger partial charge is 0.325 e. The quantitative estimate of drug-likeness (QED) is 0.802. The molecule has 0 spiro atoms. The molecule has 132 valence electrons. The molecule has 0 radical (unpaired) electrons. The Morgan fingerprint density at radius 2 is 1.56 bits per heavy atom. The van der Waals surface area contributed by atoms with Crippen molar-refractivity contribution in [3.05, 3.63) is 59.7 Å². The summed E-state index contributed by atoms with van der Waals surface area (Å²) in [6.07, 6.45) is 0. The number of aryl methyl sites for hydroxylation is 1. The fraction of sp³-hybridized carbons (Fsp3) is 0.222. The highest BCUT2D eigenvalue weighted by molar-refractivity contribution is 7.89. The SMILES string of the molecule is CC(=O)c1ccc(NC(=O)CN(C)S(=O)(=O)c2ccc(C)cc2)cc1. The number of amides is 1. The maximum Gasteiger partial charge on any atom is 0.243 e. The van der Waals surface area contributed by atoms with Crippen LogP contribution in [0.5, 0.6) is 0 Å². The molecule has 0 fully saturated rings. The average molecular weight is 360 g/mol. The summed E-state index contributed by atoms with van der Waals surface area (Å²) in [4.78, 5) is 23.5. The van der Waals surface area contributed by atoms with Crippen LogP contribution in [-0.2, 0) is 14.8 Å². The number of Topliss-reactive ketones (excluding diaryl/α,β-unsaturated/α-hetero) is 1. The smallest absolute Gasteiger partial charge is 0.243 e. The number of carbonyl (C=O) groups excluding carboxylic acids is 2. The number of hydrogen-bond donors (Lipinski definition) is 1. The minimum Gasteiger partial charge on any atom is -0.325 e. The van der Waals surface area contributed by atoms with Gasteiger partial charge < -0.3 is 5.32 Å². The number of ketones is 1. The minimum absolute atomic E-state index is 0.0678. The molecule has 0 aliphatic rings. The Kier molecular flexibility index (Phi) is 5.71. The first-order valence-electron chi connectivity index (χ1n) is 7.64. The van der Waals surface area contributed by atoms with E-state index in [1.165, 1.54) is 26.1 Å². The summed E-state index contributed by atoms with van der Waals surface area (Å²) < 4.78 is 25.9. The van der Waals surface area contributed by atoms with Crippen LogP contribution >= 0.6 is 0 Å². The Morgan fingerprint density at radius 1 is 1.00 bits per heavy atom. The van der Waals surface area contributed by atoms with Gasteiger partial charge in [-0.25, -0.2) is 8.42 Å². The highest BCUT2D eigenvalue weighted by atomic mass is 32.2. The molecule has 0 unspecified atom stereocenters. The second-order valence-corrected chi connectivity index (χ2v) is 7.80. The molecule has 0 aromatic heterocycles. The number of nitrogens with one attached hydrogen (secondary N) is 1. The molecule has 0 aliphatic heterocycles. The molecular formula is C18H20N2O4S. The molecule has 2 aromatic rings. The zero-order valence-electron chi connectivity index (χ0n) is 14.3. The Hall–Kier alpha value is -2.51. The standard InChI is InChI=1S/C18H20N2O4S/c1-13-4-10-17(11-5-13)25(23,24)20(3)12-18(22)19-16-8-6-15(7-9-16)14(2)21/h4-11H,12H2,1-3H3,(H,19,22). The topological polar surface area (TPSA) is 83.6 Å². The number of sulfonamides is 1. The van der Waals surface area contributed by atoms with E-state index in [0.29, 0.717) is 11.3 Å². The van der Waals surface area contributed by atoms with E-state index in [2.05, 4.69) is 5.32 Å². The van der Waals surface area contributed by atoms with Crippen LogP contribution < -0.4 is 5.32 Å².